The third kappa shape index (κ3) is 2.21. The number of benzene rings is 1. The van der Waals surface area contributed by atoms with Crippen molar-refractivity contribution in [3.63, 3.8) is 0 Å². The van der Waals surface area contributed by atoms with Crippen LogP contribution in [-0.4, -0.2) is 13.1 Å². The maximum absolute atomic E-state index is 12.8. The highest BCUT2D eigenvalue weighted by Gasteiger charge is 2.15. The molecule has 0 N–H and O–H groups in total. The van der Waals surface area contributed by atoms with Crippen LogP contribution < -0.4 is 0 Å². The van der Waals surface area contributed by atoms with Crippen LogP contribution >= 0.6 is 0 Å². The normalized spacial score (nSPS) is 9.27. The molecule has 0 spiro atoms. The van der Waals surface area contributed by atoms with E-state index < -0.39 is 17.6 Å². The molecule has 0 fully saturated rings. The lowest BCUT2D eigenvalue weighted by atomic mass is 10.1. The largest absolute Gasteiger partial charge is 0.465 e. The van der Waals surface area contributed by atoms with Crippen molar-refractivity contribution in [2.75, 3.05) is 7.11 Å². The fourth-order valence-corrected chi connectivity index (χ4v) is 0.941. The van der Waals surface area contributed by atoms with Crippen molar-refractivity contribution in [1.29, 1.82) is 0 Å². The number of carbonyl (C=O) groups excluding carboxylic acids is 1. The van der Waals surface area contributed by atoms with E-state index in [1.165, 1.54) is 0 Å². The van der Waals surface area contributed by atoms with Crippen LogP contribution in [0.25, 0.3) is 10.4 Å². The highest BCUT2D eigenvalue weighted by atomic mass is 19.2. The number of hydrogen-bond donors (Lipinski definition) is 0. The van der Waals surface area contributed by atoms with Crippen LogP contribution in [0.3, 0.4) is 0 Å². The van der Waals surface area contributed by atoms with E-state index >= 15 is 0 Å². The molecule has 0 saturated heterocycles. The van der Waals surface area contributed by atoms with Gasteiger partial charge in [0.25, 0.3) is 0 Å². The number of hydrogen-bond acceptors (Lipinski definition) is 3. The van der Waals surface area contributed by atoms with E-state index in [9.17, 15) is 13.6 Å². The van der Waals surface area contributed by atoms with E-state index in [4.69, 9.17) is 5.53 Å². The molecule has 0 saturated carbocycles. The molecule has 7 heteroatoms. The second kappa shape index (κ2) is 4.39. The van der Waals surface area contributed by atoms with Gasteiger partial charge >= 0.3 is 5.97 Å². The van der Waals surface area contributed by atoms with Gasteiger partial charge in [0, 0.05) is 4.91 Å². The molecule has 0 aromatic heterocycles. The van der Waals surface area contributed by atoms with Gasteiger partial charge < -0.3 is 4.74 Å². The minimum Gasteiger partial charge on any atom is -0.465 e. The minimum absolute atomic E-state index is 0.316. The fraction of sp³-hybridized carbons (Fsp3) is 0.125. The second-order valence-electron chi connectivity index (χ2n) is 2.46. The molecule has 78 valence electrons. The van der Waals surface area contributed by atoms with E-state index in [2.05, 4.69) is 14.8 Å². The molecule has 0 aliphatic carbocycles. The number of halogens is 2. The minimum atomic E-state index is -1.22. The van der Waals surface area contributed by atoms with Crippen LogP contribution in [0.15, 0.2) is 17.2 Å². The van der Waals surface area contributed by atoms with E-state index in [0.29, 0.717) is 12.1 Å². The molecule has 1 rings (SSSR count). The fourth-order valence-electron chi connectivity index (χ4n) is 0.941. The predicted molar refractivity (Wildman–Crippen MR) is 46.5 cm³/mol. The smallest absolute Gasteiger partial charge is 0.338 e. The van der Waals surface area contributed by atoms with Crippen molar-refractivity contribution >= 4 is 11.7 Å². The zero-order valence-electron chi connectivity index (χ0n) is 7.57. The molecular formula is C8H5F2N3O2. The van der Waals surface area contributed by atoms with Gasteiger partial charge in [-0.3, -0.25) is 0 Å². The Hall–Kier alpha value is -2.14. The van der Waals surface area contributed by atoms with Crippen LogP contribution in [0.4, 0.5) is 14.5 Å². The lowest BCUT2D eigenvalue weighted by Crippen LogP contribution is -2.03. The molecule has 1 aromatic rings. The standard InChI is InChI=1S/C8H5F2N3O2/c1-15-8(14)4-2-5(9)6(10)3-7(4)12-13-11/h2-3H,1H3. The van der Waals surface area contributed by atoms with Crippen LogP contribution in [0.2, 0.25) is 0 Å². The van der Waals surface area contributed by atoms with Gasteiger partial charge in [0.15, 0.2) is 11.6 Å². The first-order chi connectivity index (χ1) is 7.10. The molecule has 0 heterocycles. The summed E-state index contributed by atoms with van der Waals surface area (Å²) in [5, 5.41) is 3.05. The van der Waals surface area contributed by atoms with Gasteiger partial charge in [-0.15, -0.1) is 0 Å². The van der Waals surface area contributed by atoms with Crippen molar-refractivity contribution < 1.29 is 18.3 Å². The Morgan fingerprint density at radius 1 is 1.47 bits per heavy atom. The van der Waals surface area contributed by atoms with Gasteiger partial charge in [-0.25, -0.2) is 13.6 Å². The molecule has 5 nitrogen and oxygen atoms in total. The van der Waals surface area contributed by atoms with Gasteiger partial charge in [-0.1, -0.05) is 5.11 Å². The number of ether oxygens (including phenoxy) is 1. The van der Waals surface area contributed by atoms with Crippen LogP contribution in [0.1, 0.15) is 10.4 Å². The van der Waals surface area contributed by atoms with Crippen LogP contribution in [0, 0.1) is 11.6 Å². The van der Waals surface area contributed by atoms with E-state index in [1.54, 1.807) is 0 Å². The first-order valence-electron chi connectivity index (χ1n) is 3.72. The maximum Gasteiger partial charge on any atom is 0.338 e. The number of rotatable bonds is 2. The van der Waals surface area contributed by atoms with Crippen LogP contribution in [0.5, 0.6) is 0 Å². The average Bonchev–Trinajstić information content (AvgIpc) is 2.22. The number of azide groups is 1. The quantitative estimate of drug-likeness (QED) is 0.327. The third-order valence-corrected chi connectivity index (χ3v) is 1.60. The van der Waals surface area contributed by atoms with Gasteiger partial charge in [0.2, 0.25) is 0 Å². The summed E-state index contributed by atoms with van der Waals surface area (Å²) in [5.74, 6) is -3.33. The lowest BCUT2D eigenvalue weighted by molar-refractivity contribution is 0.0601. The molecule has 0 bridgehead atoms. The second-order valence-corrected chi connectivity index (χ2v) is 2.46. The van der Waals surface area contributed by atoms with Crippen molar-refractivity contribution in [1.82, 2.24) is 0 Å². The predicted octanol–water partition coefficient (Wildman–Crippen LogP) is 2.69. The first-order valence-corrected chi connectivity index (χ1v) is 3.72. The summed E-state index contributed by atoms with van der Waals surface area (Å²) >= 11 is 0. The van der Waals surface area contributed by atoms with Crippen LogP contribution in [-0.2, 0) is 4.74 Å². The SMILES string of the molecule is COC(=O)c1cc(F)c(F)cc1N=[N+]=[N-]. The lowest BCUT2D eigenvalue weighted by Gasteiger charge is -2.03. The van der Waals surface area contributed by atoms with E-state index in [1.807, 2.05) is 0 Å². The number of carbonyl (C=O) groups is 1. The van der Waals surface area contributed by atoms with Crippen molar-refractivity contribution in [2.45, 2.75) is 0 Å². The summed E-state index contributed by atoms with van der Waals surface area (Å²) in [7, 11) is 1.07. The number of methoxy groups -OCH3 is 1. The molecule has 0 aliphatic rings. The van der Waals surface area contributed by atoms with Crippen molar-refractivity contribution in [3.05, 3.63) is 39.8 Å². The summed E-state index contributed by atoms with van der Waals surface area (Å²) < 4.78 is 29.8. The van der Waals surface area contributed by atoms with E-state index in [-0.39, 0.29) is 11.3 Å². The highest BCUT2D eigenvalue weighted by molar-refractivity contribution is 5.94. The Morgan fingerprint density at radius 3 is 2.60 bits per heavy atom. The molecular weight excluding hydrogens is 208 g/mol. The number of nitrogens with zero attached hydrogens (tertiary/aromatic N) is 3. The molecule has 0 unspecified atom stereocenters. The Bertz CT molecular complexity index is 455. The summed E-state index contributed by atoms with van der Waals surface area (Å²) in [5.41, 5.74) is 7.51. The maximum atomic E-state index is 12.8. The Labute approximate surface area is 82.9 Å². The molecule has 15 heavy (non-hydrogen) atoms. The zero-order chi connectivity index (χ0) is 11.4. The van der Waals surface area contributed by atoms with Crippen molar-refractivity contribution in [3.8, 4) is 0 Å². The summed E-state index contributed by atoms with van der Waals surface area (Å²) in [6.45, 7) is 0. The summed E-state index contributed by atoms with van der Waals surface area (Å²) in [6.07, 6.45) is 0. The van der Waals surface area contributed by atoms with Gasteiger partial charge in [0.05, 0.1) is 18.4 Å². The highest BCUT2D eigenvalue weighted by Crippen LogP contribution is 2.23. The Kier molecular flexibility index (Phi) is 3.20. The summed E-state index contributed by atoms with van der Waals surface area (Å²) in [4.78, 5) is 13.5. The third-order valence-electron chi connectivity index (χ3n) is 1.60. The molecule has 0 radical (unpaired) electrons. The molecule has 1 aromatic carbocycles. The Balaban J connectivity index is 3.40. The molecule has 0 aliphatic heterocycles. The van der Waals surface area contributed by atoms with Crippen molar-refractivity contribution in [2.24, 2.45) is 5.11 Å². The van der Waals surface area contributed by atoms with E-state index in [0.717, 1.165) is 7.11 Å². The van der Waals surface area contributed by atoms with Gasteiger partial charge in [0.1, 0.15) is 0 Å². The topological polar surface area (TPSA) is 75.1 Å². The monoisotopic (exact) mass is 213 g/mol. The van der Waals surface area contributed by atoms with Gasteiger partial charge in [-0.05, 0) is 17.7 Å². The first kappa shape index (κ1) is 10.9. The average molecular weight is 213 g/mol. The Morgan fingerprint density at radius 2 is 2.07 bits per heavy atom. The summed E-state index contributed by atoms with van der Waals surface area (Å²) in [6, 6.07) is 1.24. The zero-order valence-corrected chi connectivity index (χ0v) is 7.57. The van der Waals surface area contributed by atoms with Gasteiger partial charge in [-0.2, -0.15) is 0 Å². The number of esters is 1. The molecule has 0 amide bonds. The molecule has 0 atom stereocenters.